The molecule has 2 aromatic rings. The van der Waals surface area contributed by atoms with Crippen molar-refractivity contribution in [3.63, 3.8) is 0 Å². The molecule has 128 valence electrons. The minimum absolute atomic E-state index is 0.0138. The van der Waals surface area contributed by atoms with Gasteiger partial charge in [-0.2, -0.15) is 0 Å². The fraction of sp³-hybridized carbons (Fsp3) is 0.235. The van der Waals surface area contributed by atoms with Gasteiger partial charge in [0.25, 0.3) is 5.91 Å². The molecule has 0 aromatic heterocycles. The number of carbonyl (C=O) groups excluding carboxylic acids is 1. The standard InChI is InChI=1S/C17H19ClN2O3S/c1-12(2)11-24(22,23)20-16-6-4-3-5-15(16)17(21)19-14-9-7-13(18)8-10-14/h3-10,12,20H,11H2,1-2H3,(H,19,21). The molecule has 0 saturated carbocycles. The van der Waals surface area contributed by atoms with E-state index in [1.54, 1.807) is 48.5 Å². The molecule has 2 aromatic carbocycles. The Kier molecular flexibility index (Phi) is 5.85. The highest BCUT2D eigenvalue weighted by atomic mass is 35.5. The number of rotatable bonds is 6. The summed E-state index contributed by atoms with van der Waals surface area (Å²) in [6.45, 7) is 3.64. The van der Waals surface area contributed by atoms with E-state index in [1.807, 2.05) is 13.8 Å². The van der Waals surface area contributed by atoms with Crippen molar-refractivity contribution in [2.24, 2.45) is 5.92 Å². The maximum atomic E-state index is 12.4. The van der Waals surface area contributed by atoms with E-state index in [-0.39, 0.29) is 22.9 Å². The Balaban J connectivity index is 2.21. The zero-order valence-electron chi connectivity index (χ0n) is 13.4. The van der Waals surface area contributed by atoms with Gasteiger partial charge in [-0.15, -0.1) is 0 Å². The first-order chi connectivity index (χ1) is 11.3. The zero-order valence-corrected chi connectivity index (χ0v) is 15.0. The van der Waals surface area contributed by atoms with Gasteiger partial charge in [0.1, 0.15) is 0 Å². The highest BCUT2D eigenvalue weighted by Crippen LogP contribution is 2.20. The number of amides is 1. The van der Waals surface area contributed by atoms with E-state index in [4.69, 9.17) is 11.6 Å². The number of benzene rings is 2. The highest BCUT2D eigenvalue weighted by molar-refractivity contribution is 7.92. The molecule has 5 nitrogen and oxygen atoms in total. The normalized spacial score (nSPS) is 11.3. The van der Waals surface area contributed by atoms with E-state index in [2.05, 4.69) is 10.0 Å². The minimum Gasteiger partial charge on any atom is -0.322 e. The van der Waals surface area contributed by atoms with Crippen LogP contribution in [0.3, 0.4) is 0 Å². The van der Waals surface area contributed by atoms with Gasteiger partial charge in [-0.1, -0.05) is 37.6 Å². The van der Waals surface area contributed by atoms with Crippen LogP contribution in [0, 0.1) is 5.92 Å². The van der Waals surface area contributed by atoms with Crippen molar-refractivity contribution in [2.45, 2.75) is 13.8 Å². The van der Waals surface area contributed by atoms with Gasteiger partial charge >= 0.3 is 0 Å². The smallest absolute Gasteiger partial charge is 0.257 e. The summed E-state index contributed by atoms with van der Waals surface area (Å²) < 4.78 is 26.7. The first kappa shape index (κ1) is 18.3. The van der Waals surface area contributed by atoms with Crippen LogP contribution < -0.4 is 10.0 Å². The van der Waals surface area contributed by atoms with Crippen molar-refractivity contribution < 1.29 is 13.2 Å². The van der Waals surface area contributed by atoms with Crippen molar-refractivity contribution in [3.05, 3.63) is 59.1 Å². The minimum atomic E-state index is -3.52. The van der Waals surface area contributed by atoms with Gasteiger partial charge in [0.15, 0.2) is 0 Å². The van der Waals surface area contributed by atoms with Crippen LogP contribution in [0.4, 0.5) is 11.4 Å². The Morgan fingerprint density at radius 1 is 1.08 bits per heavy atom. The number of halogens is 1. The first-order valence-electron chi connectivity index (χ1n) is 7.43. The molecular weight excluding hydrogens is 348 g/mol. The summed E-state index contributed by atoms with van der Waals surface area (Å²) in [5, 5.41) is 3.28. The largest absolute Gasteiger partial charge is 0.322 e. The summed E-state index contributed by atoms with van der Waals surface area (Å²) in [5.41, 5.74) is 1.08. The molecule has 1 amide bonds. The van der Waals surface area contributed by atoms with Gasteiger partial charge in [-0.3, -0.25) is 9.52 Å². The Bertz CT molecular complexity index is 818. The maximum absolute atomic E-state index is 12.4. The van der Waals surface area contributed by atoms with Crippen molar-refractivity contribution in [2.75, 3.05) is 15.8 Å². The molecule has 0 heterocycles. The SMILES string of the molecule is CC(C)CS(=O)(=O)Nc1ccccc1C(=O)Nc1ccc(Cl)cc1. The molecule has 2 N–H and O–H groups in total. The molecule has 24 heavy (non-hydrogen) atoms. The third-order valence-electron chi connectivity index (χ3n) is 3.09. The van der Waals surface area contributed by atoms with E-state index in [0.717, 1.165) is 0 Å². The average molecular weight is 367 g/mol. The number of carbonyl (C=O) groups is 1. The van der Waals surface area contributed by atoms with Crippen molar-refractivity contribution >= 4 is 38.9 Å². The first-order valence-corrected chi connectivity index (χ1v) is 9.46. The van der Waals surface area contributed by atoms with Gasteiger partial charge in [-0.25, -0.2) is 8.42 Å². The second kappa shape index (κ2) is 7.68. The quantitative estimate of drug-likeness (QED) is 0.811. The molecule has 0 bridgehead atoms. The van der Waals surface area contributed by atoms with Crippen LogP contribution in [0.1, 0.15) is 24.2 Å². The number of para-hydroxylation sites is 1. The van der Waals surface area contributed by atoms with Gasteiger partial charge in [0, 0.05) is 10.7 Å². The monoisotopic (exact) mass is 366 g/mol. The Morgan fingerprint density at radius 3 is 2.33 bits per heavy atom. The lowest BCUT2D eigenvalue weighted by molar-refractivity contribution is 0.102. The fourth-order valence-corrected chi connectivity index (χ4v) is 3.75. The van der Waals surface area contributed by atoms with Crippen LogP contribution in [0.5, 0.6) is 0 Å². The molecule has 0 aliphatic heterocycles. The van der Waals surface area contributed by atoms with Gasteiger partial charge < -0.3 is 5.32 Å². The third kappa shape index (κ3) is 5.25. The van der Waals surface area contributed by atoms with E-state index >= 15 is 0 Å². The Labute approximate surface area is 147 Å². The second-order valence-electron chi connectivity index (χ2n) is 5.78. The predicted molar refractivity (Wildman–Crippen MR) is 98.1 cm³/mol. The zero-order chi connectivity index (χ0) is 17.7. The summed E-state index contributed by atoms with van der Waals surface area (Å²) in [6.07, 6.45) is 0. The fourth-order valence-electron chi connectivity index (χ4n) is 2.15. The predicted octanol–water partition coefficient (Wildman–Crippen LogP) is 3.99. The molecule has 0 aliphatic rings. The van der Waals surface area contributed by atoms with Crippen LogP contribution in [-0.2, 0) is 10.0 Å². The van der Waals surface area contributed by atoms with Crippen LogP contribution in [-0.4, -0.2) is 20.1 Å². The summed E-state index contributed by atoms with van der Waals surface area (Å²) in [5.74, 6) is -0.433. The molecule has 0 saturated heterocycles. The van der Waals surface area contributed by atoms with E-state index in [9.17, 15) is 13.2 Å². The van der Waals surface area contributed by atoms with Gasteiger partial charge in [0.2, 0.25) is 10.0 Å². The summed E-state index contributed by atoms with van der Waals surface area (Å²) in [7, 11) is -3.52. The highest BCUT2D eigenvalue weighted by Gasteiger charge is 2.17. The summed E-state index contributed by atoms with van der Waals surface area (Å²) in [6, 6.07) is 13.1. The van der Waals surface area contributed by atoms with Crippen molar-refractivity contribution in [1.82, 2.24) is 0 Å². The summed E-state index contributed by atoms with van der Waals surface area (Å²) >= 11 is 5.82. The lowest BCUT2D eigenvalue weighted by Crippen LogP contribution is -2.22. The molecular formula is C17H19ClN2O3S. The Hall–Kier alpha value is -2.05. The number of hydrogen-bond donors (Lipinski definition) is 2. The van der Waals surface area contributed by atoms with Crippen molar-refractivity contribution in [1.29, 1.82) is 0 Å². The van der Waals surface area contributed by atoms with Crippen LogP contribution in [0.2, 0.25) is 5.02 Å². The summed E-state index contributed by atoms with van der Waals surface area (Å²) in [4.78, 5) is 12.4. The third-order valence-corrected chi connectivity index (χ3v) is 4.98. The van der Waals surface area contributed by atoms with E-state index < -0.39 is 15.9 Å². The topological polar surface area (TPSA) is 75.3 Å². The molecule has 0 unspecified atom stereocenters. The van der Waals surface area contributed by atoms with Crippen molar-refractivity contribution in [3.8, 4) is 0 Å². The van der Waals surface area contributed by atoms with Gasteiger partial charge in [-0.05, 0) is 42.3 Å². The van der Waals surface area contributed by atoms with Crippen LogP contribution >= 0.6 is 11.6 Å². The molecule has 0 radical (unpaired) electrons. The van der Waals surface area contributed by atoms with Crippen LogP contribution in [0.25, 0.3) is 0 Å². The Morgan fingerprint density at radius 2 is 1.71 bits per heavy atom. The number of sulfonamides is 1. The molecule has 0 aliphatic carbocycles. The van der Waals surface area contributed by atoms with Gasteiger partial charge in [0.05, 0.1) is 17.0 Å². The molecule has 7 heteroatoms. The maximum Gasteiger partial charge on any atom is 0.257 e. The molecule has 0 fully saturated rings. The number of anilines is 2. The van der Waals surface area contributed by atoms with E-state index in [0.29, 0.717) is 10.7 Å². The van der Waals surface area contributed by atoms with E-state index in [1.165, 1.54) is 0 Å². The lowest BCUT2D eigenvalue weighted by atomic mass is 10.1. The molecule has 0 spiro atoms. The number of hydrogen-bond acceptors (Lipinski definition) is 3. The second-order valence-corrected chi connectivity index (χ2v) is 7.99. The molecule has 2 rings (SSSR count). The lowest BCUT2D eigenvalue weighted by Gasteiger charge is -2.13. The average Bonchev–Trinajstić information content (AvgIpc) is 2.48. The molecule has 0 atom stereocenters. The van der Waals surface area contributed by atoms with Crippen LogP contribution in [0.15, 0.2) is 48.5 Å². The number of nitrogens with one attached hydrogen (secondary N) is 2.